The zero-order valence-corrected chi connectivity index (χ0v) is 15.0. The van der Waals surface area contributed by atoms with E-state index in [0.717, 1.165) is 31.5 Å². The molecular weight excluding hydrogens is 317 g/mol. The summed E-state index contributed by atoms with van der Waals surface area (Å²) >= 11 is 0. The van der Waals surface area contributed by atoms with Gasteiger partial charge < -0.3 is 4.74 Å². The number of nitrogens with zero attached hydrogens (tertiary/aromatic N) is 1. The van der Waals surface area contributed by atoms with Crippen molar-refractivity contribution in [2.24, 2.45) is 5.92 Å². The molecule has 1 aromatic rings. The molecular formula is C20H28FN3O. The molecule has 0 saturated carbocycles. The van der Waals surface area contributed by atoms with E-state index in [0.29, 0.717) is 18.0 Å². The molecule has 1 saturated heterocycles. The molecule has 3 rings (SSSR count). The molecule has 0 spiro atoms. The van der Waals surface area contributed by atoms with Gasteiger partial charge in [-0.25, -0.2) is 9.82 Å². The van der Waals surface area contributed by atoms with Crippen LogP contribution in [0, 0.1) is 11.7 Å². The molecule has 1 fully saturated rings. The van der Waals surface area contributed by atoms with Crippen molar-refractivity contribution in [3.63, 3.8) is 0 Å². The predicted molar refractivity (Wildman–Crippen MR) is 98.8 cm³/mol. The van der Waals surface area contributed by atoms with Gasteiger partial charge in [-0.1, -0.05) is 24.3 Å². The first kappa shape index (κ1) is 18.1. The lowest BCUT2D eigenvalue weighted by molar-refractivity contribution is 0.131. The van der Waals surface area contributed by atoms with E-state index >= 15 is 0 Å². The van der Waals surface area contributed by atoms with Crippen LogP contribution in [0.2, 0.25) is 0 Å². The van der Waals surface area contributed by atoms with Crippen molar-refractivity contribution in [3.05, 3.63) is 54.4 Å². The topological polar surface area (TPSA) is 36.5 Å². The van der Waals surface area contributed by atoms with E-state index in [1.807, 2.05) is 12.1 Å². The highest BCUT2D eigenvalue weighted by atomic mass is 19.1. The van der Waals surface area contributed by atoms with Gasteiger partial charge in [0.05, 0.1) is 13.2 Å². The fourth-order valence-electron chi connectivity index (χ4n) is 3.96. The lowest BCUT2D eigenvalue weighted by atomic mass is 9.91. The van der Waals surface area contributed by atoms with Crippen molar-refractivity contribution in [3.8, 4) is 5.75 Å². The Balaban J connectivity index is 1.76. The van der Waals surface area contributed by atoms with Gasteiger partial charge in [-0.2, -0.15) is 0 Å². The van der Waals surface area contributed by atoms with Gasteiger partial charge in [-0.3, -0.25) is 10.3 Å². The van der Waals surface area contributed by atoms with Gasteiger partial charge in [0.1, 0.15) is 0 Å². The molecule has 1 aromatic carbocycles. The van der Waals surface area contributed by atoms with E-state index in [-0.39, 0.29) is 17.6 Å². The fraction of sp³-hybridized carbons (Fsp3) is 0.500. The number of ether oxygens (including phenoxy) is 1. The number of rotatable bonds is 6. The Bertz CT molecular complexity index is 633. The van der Waals surface area contributed by atoms with Gasteiger partial charge in [0.15, 0.2) is 11.6 Å². The molecule has 5 heteroatoms. The molecule has 25 heavy (non-hydrogen) atoms. The van der Waals surface area contributed by atoms with Crippen molar-refractivity contribution >= 4 is 0 Å². The van der Waals surface area contributed by atoms with Crippen LogP contribution in [0.4, 0.5) is 4.39 Å². The number of methoxy groups -OCH3 is 1. The molecule has 4 atom stereocenters. The summed E-state index contributed by atoms with van der Waals surface area (Å²) in [5, 5.41) is 0. The first-order valence-electron chi connectivity index (χ1n) is 8.99. The SMILES string of the molecule is C=CC[C@@H]1CC=C[C@@H](C)N1CC1CNNC1c1ccc(OC)c(F)c1. The summed E-state index contributed by atoms with van der Waals surface area (Å²) < 4.78 is 19.1. The number of hydrogen-bond acceptors (Lipinski definition) is 4. The monoisotopic (exact) mass is 345 g/mol. The maximum atomic E-state index is 14.1. The van der Waals surface area contributed by atoms with E-state index in [1.54, 1.807) is 12.1 Å². The van der Waals surface area contributed by atoms with Gasteiger partial charge in [0.25, 0.3) is 0 Å². The Hall–Kier alpha value is -1.69. The second-order valence-electron chi connectivity index (χ2n) is 6.94. The molecule has 0 aliphatic carbocycles. The van der Waals surface area contributed by atoms with Crippen molar-refractivity contribution < 1.29 is 9.13 Å². The number of halogens is 1. The van der Waals surface area contributed by atoms with Gasteiger partial charge in [-0.15, -0.1) is 6.58 Å². The van der Waals surface area contributed by atoms with E-state index in [1.165, 1.54) is 7.11 Å². The minimum atomic E-state index is -0.314. The second-order valence-corrected chi connectivity index (χ2v) is 6.94. The Kier molecular flexibility index (Phi) is 5.89. The molecule has 0 aromatic heterocycles. The predicted octanol–water partition coefficient (Wildman–Crippen LogP) is 3.19. The van der Waals surface area contributed by atoms with Gasteiger partial charge in [0.2, 0.25) is 0 Å². The average Bonchev–Trinajstić information content (AvgIpc) is 3.06. The quantitative estimate of drug-likeness (QED) is 0.777. The summed E-state index contributed by atoms with van der Waals surface area (Å²) in [7, 11) is 1.49. The molecule has 2 heterocycles. The van der Waals surface area contributed by atoms with Crippen LogP contribution in [-0.2, 0) is 0 Å². The van der Waals surface area contributed by atoms with Crippen LogP contribution in [0.25, 0.3) is 0 Å². The number of nitrogens with one attached hydrogen (secondary N) is 2. The van der Waals surface area contributed by atoms with Crippen LogP contribution in [0.1, 0.15) is 31.4 Å². The minimum Gasteiger partial charge on any atom is -0.494 e. The van der Waals surface area contributed by atoms with Crippen LogP contribution >= 0.6 is 0 Å². The van der Waals surface area contributed by atoms with Crippen LogP contribution < -0.4 is 15.6 Å². The third-order valence-electron chi connectivity index (χ3n) is 5.33. The highest BCUT2D eigenvalue weighted by molar-refractivity contribution is 5.31. The van der Waals surface area contributed by atoms with Crippen molar-refractivity contribution in [1.82, 2.24) is 15.8 Å². The summed E-state index contributed by atoms with van der Waals surface area (Å²) in [4.78, 5) is 2.55. The van der Waals surface area contributed by atoms with Crippen molar-refractivity contribution in [2.75, 3.05) is 20.2 Å². The Labute approximate surface area is 149 Å². The summed E-state index contributed by atoms with van der Waals surface area (Å²) in [5.41, 5.74) is 7.52. The zero-order chi connectivity index (χ0) is 17.8. The fourth-order valence-corrected chi connectivity index (χ4v) is 3.96. The second kappa shape index (κ2) is 8.13. The molecule has 136 valence electrons. The lowest BCUT2D eigenvalue weighted by Gasteiger charge is -2.39. The molecule has 0 bridgehead atoms. The summed E-state index contributed by atoms with van der Waals surface area (Å²) in [6.45, 7) is 7.97. The normalized spacial score (nSPS) is 29.7. The number of hydrogen-bond donors (Lipinski definition) is 2. The third-order valence-corrected chi connectivity index (χ3v) is 5.33. The lowest BCUT2D eigenvalue weighted by Crippen LogP contribution is -2.46. The van der Waals surface area contributed by atoms with Crippen LogP contribution in [0.15, 0.2) is 43.0 Å². The molecule has 2 aliphatic rings. The summed E-state index contributed by atoms with van der Waals surface area (Å²) in [5.74, 6) is 0.340. The maximum Gasteiger partial charge on any atom is 0.165 e. The number of benzene rings is 1. The molecule has 0 amide bonds. The van der Waals surface area contributed by atoms with E-state index in [2.05, 4.69) is 41.4 Å². The Morgan fingerprint density at radius 2 is 2.28 bits per heavy atom. The van der Waals surface area contributed by atoms with Crippen molar-refractivity contribution in [1.29, 1.82) is 0 Å². The van der Waals surface area contributed by atoms with Crippen LogP contribution in [0.3, 0.4) is 0 Å². The molecule has 4 nitrogen and oxygen atoms in total. The van der Waals surface area contributed by atoms with Gasteiger partial charge in [0, 0.05) is 31.1 Å². The molecule has 0 radical (unpaired) electrons. The molecule has 2 aliphatic heterocycles. The molecule has 2 unspecified atom stereocenters. The Morgan fingerprint density at radius 3 is 3.00 bits per heavy atom. The largest absolute Gasteiger partial charge is 0.494 e. The zero-order valence-electron chi connectivity index (χ0n) is 15.0. The van der Waals surface area contributed by atoms with E-state index < -0.39 is 0 Å². The van der Waals surface area contributed by atoms with E-state index in [9.17, 15) is 4.39 Å². The van der Waals surface area contributed by atoms with Gasteiger partial charge in [-0.05, 0) is 37.5 Å². The smallest absolute Gasteiger partial charge is 0.165 e. The first-order chi connectivity index (χ1) is 12.1. The standard InChI is InChI=1S/C20H28FN3O/c1-4-6-17-8-5-7-14(2)24(17)13-16-12-22-23-20(16)15-9-10-19(25-3)18(21)11-15/h4-5,7,9-11,14,16-17,20,22-23H,1,6,8,12-13H2,2-3H3/t14-,16?,17-,20?/m1/s1. The van der Waals surface area contributed by atoms with Crippen LogP contribution in [0.5, 0.6) is 5.75 Å². The highest BCUT2D eigenvalue weighted by Crippen LogP contribution is 2.31. The number of hydrazine groups is 1. The maximum absolute atomic E-state index is 14.1. The summed E-state index contributed by atoms with van der Waals surface area (Å²) in [6.07, 6.45) is 8.61. The first-order valence-corrected chi connectivity index (χ1v) is 8.99. The average molecular weight is 345 g/mol. The highest BCUT2D eigenvalue weighted by Gasteiger charge is 2.33. The third kappa shape index (κ3) is 3.94. The Morgan fingerprint density at radius 1 is 1.44 bits per heavy atom. The summed E-state index contributed by atoms with van der Waals surface area (Å²) in [6, 6.07) is 6.22. The minimum absolute atomic E-state index is 0.0860. The van der Waals surface area contributed by atoms with Crippen molar-refractivity contribution in [2.45, 2.75) is 37.9 Å². The van der Waals surface area contributed by atoms with Gasteiger partial charge >= 0.3 is 0 Å². The molecule has 2 N–H and O–H groups in total. The van der Waals surface area contributed by atoms with E-state index in [4.69, 9.17) is 4.74 Å². The van der Waals surface area contributed by atoms with Crippen LogP contribution in [-0.4, -0.2) is 37.2 Å².